The smallest absolute Gasteiger partial charge is 0.227 e. The van der Waals surface area contributed by atoms with E-state index in [0.717, 1.165) is 17.3 Å². The van der Waals surface area contributed by atoms with Crippen molar-refractivity contribution in [3.63, 3.8) is 0 Å². The Kier molecular flexibility index (Phi) is 5.52. The van der Waals surface area contributed by atoms with Crippen molar-refractivity contribution >= 4 is 0 Å². The van der Waals surface area contributed by atoms with Gasteiger partial charge in [0.1, 0.15) is 25.1 Å². The Hall–Kier alpha value is -3.21. The third-order valence-electron chi connectivity index (χ3n) is 6.12. The lowest BCUT2D eigenvalue weighted by Crippen LogP contribution is -2.52. The van der Waals surface area contributed by atoms with E-state index in [1.54, 1.807) is 0 Å². The molecule has 5 nitrogen and oxygen atoms in total. The van der Waals surface area contributed by atoms with Crippen LogP contribution in [0.1, 0.15) is 50.7 Å². The van der Waals surface area contributed by atoms with E-state index in [9.17, 15) is 0 Å². The van der Waals surface area contributed by atoms with Gasteiger partial charge in [-0.2, -0.15) is 9.25 Å². The molecule has 0 N–H and O–H groups in total. The molecule has 4 rings (SSSR count). The molecule has 0 saturated heterocycles. The average Bonchev–Trinajstić information content (AvgIpc) is 3.33. The van der Waals surface area contributed by atoms with Crippen LogP contribution < -0.4 is 13.8 Å². The zero-order chi connectivity index (χ0) is 22.3. The predicted molar refractivity (Wildman–Crippen MR) is 122 cm³/mol. The van der Waals surface area contributed by atoms with E-state index in [0.29, 0.717) is 11.8 Å². The highest BCUT2D eigenvalue weighted by molar-refractivity contribution is 5.57. The van der Waals surface area contributed by atoms with Crippen LogP contribution in [0.4, 0.5) is 0 Å². The van der Waals surface area contributed by atoms with Gasteiger partial charge in [0.05, 0.1) is 26.4 Å². The molecule has 0 fully saturated rings. The molecule has 0 amide bonds. The zero-order valence-corrected chi connectivity index (χ0v) is 19.7. The third-order valence-corrected chi connectivity index (χ3v) is 6.12. The summed E-state index contributed by atoms with van der Waals surface area (Å²) in [4.78, 5) is 0. The van der Waals surface area contributed by atoms with E-state index >= 15 is 0 Å². The largest absolute Gasteiger partial charge is 0.473 e. The van der Waals surface area contributed by atoms with Crippen molar-refractivity contribution < 1.29 is 13.8 Å². The molecule has 0 atom stereocenters. The van der Waals surface area contributed by atoms with Crippen molar-refractivity contribution in [2.24, 2.45) is 21.1 Å². The molecule has 0 unspecified atom stereocenters. The van der Waals surface area contributed by atoms with Crippen LogP contribution in [-0.4, -0.2) is 9.25 Å². The first-order valence-electron chi connectivity index (χ1n) is 11.0. The topological polar surface area (TPSA) is 21.5 Å². The lowest BCUT2D eigenvalue weighted by atomic mass is 9.92. The molecule has 4 aromatic rings. The van der Waals surface area contributed by atoms with Crippen LogP contribution in [0.2, 0.25) is 0 Å². The highest BCUT2D eigenvalue weighted by Gasteiger charge is 2.33. The fraction of sp³-hybridized carbons (Fsp3) is 0.346. The summed E-state index contributed by atoms with van der Waals surface area (Å²) in [5.41, 5.74) is 5.21. The van der Waals surface area contributed by atoms with E-state index in [1.165, 1.54) is 16.8 Å². The number of nitrogens with zero attached hydrogens (tertiary/aromatic N) is 5. The molecule has 5 heteroatoms. The van der Waals surface area contributed by atoms with Gasteiger partial charge in [0, 0.05) is 23.3 Å². The summed E-state index contributed by atoms with van der Waals surface area (Å²) < 4.78 is 11.1. The fourth-order valence-electron chi connectivity index (χ4n) is 4.44. The minimum Gasteiger partial charge on any atom is -0.227 e. The van der Waals surface area contributed by atoms with Gasteiger partial charge in [-0.15, -0.1) is 4.57 Å². The molecule has 3 aromatic heterocycles. The minimum absolute atomic E-state index is 0.438. The number of aromatic nitrogens is 5. The van der Waals surface area contributed by atoms with Crippen molar-refractivity contribution in [3.05, 3.63) is 78.4 Å². The zero-order valence-electron chi connectivity index (χ0n) is 19.7. The predicted octanol–water partition coefficient (Wildman–Crippen LogP) is 3.66. The molecule has 3 heterocycles. The summed E-state index contributed by atoms with van der Waals surface area (Å²) in [6, 6.07) is 15.3. The highest BCUT2D eigenvalue weighted by atomic mass is 15.4. The van der Waals surface area contributed by atoms with E-state index in [1.807, 2.05) is 0 Å². The SMILES string of the molecule is CC(C)c1cccc(C(C)C)c1-n1cc[n+](C)c1-c1cccc(-[n+]2cccn2C)[n+]1C. The Morgan fingerprint density at radius 1 is 0.774 bits per heavy atom. The first-order valence-corrected chi connectivity index (χ1v) is 11.0. The van der Waals surface area contributed by atoms with Gasteiger partial charge in [0.15, 0.2) is 0 Å². The van der Waals surface area contributed by atoms with Crippen molar-refractivity contribution in [2.45, 2.75) is 39.5 Å². The van der Waals surface area contributed by atoms with Crippen LogP contribution in [-0.2, 0) is 21.1 Å². The fourth-order valence-corrected chi connectivity index (χ4v) is 4.44. The summed E-state index contributed by atoms with van der Waals surface area (Å²) in [7, 11) is 6.32. The molecule has 0 saturated carbocycles. The van der Waals surface area contributed by atoms with Gasteiger partial charge in [-0.25, -0.2) is 4.57 Å². The summed E-state index contributed by atoms with van der Waals surface area (Å²) in [6.45, 7) is 9.11. The molecule has 0 spiro atoms. The molecule has 1 aromatic carbocycles. The Labute approximate surface area is 185 Å². The summed E-state index contributed by atoms with van der Waals surface area (Å²) >= 11 is 0. The van der Waals surface area contributed by atoms with E-state index in [4.69, 9.17) is 0 Å². The number of pyridine rings is 1. The standard InChI is InChI=1S/C26H34N5/c1-19(2)21-11-8-12-22(20(3)4)25(21)30-18-17-27(5)26(30)23-13-9-14-24(29(23)7)31-16-10-15-28(31)6/h8-20H,1-7H3/q+3. The molecule has 0 bridgehead atoms. The second-order valence-electron chi connectivity index (χ2n) is 8.93. The number of hydrogen-bond acceptors (Lipinski definition) is 0. The minimum atomic E-state index is 0.438. The second-order valence-corrected chi connectivity index (χ2v) is 8.93. The summed E-state index contributed by atoms with van der Waals surface area (Å²) in [5, 5.41) is 0. The number of aryl methyl sites for hydroxylation is 2. The Morgan fingerprint density at radius 2 is 1.42 bits per heavy atom. The Bertz CT molecular complexity index is 1200. The van der Waals surface area contributed by atoms with E-state index in [2.05, 4.69) is 139 Å². The first-order chi connectivity index (χ1) is 14.8. The van der Waals surface area contributed by atoms with Gasteiger partial charge >= 0.3 is 17.3 Å². The van der Waals surface area contributed by atoms with Crippen molar-refractivity contribution in [1.29, 1.82) is 0 Å². The molecular weight excluding hydrogens is 382 g/mol. The molecule has 0 radical (unpaired) electrons. The number of benzene rings is 1. The molecule has 31 heavy (non-hydrogen) atoms. The highest BCUT2D eigenvalue weighted by Crippen LogP contribution is 2.32. The number of rotatable bonds is 5. The van der Waals surface area contributed by atoms with Crippen molar-refractivity contribution in [2.75, 3.05) is 0 Å². The summed E-state index contributed by atoms with van der Waals surface area (Å²) in [5.74, 6) is 3.15. The van der Waals surface area contributed by atoms with Crippen molar-refractivity contribution in [3.8, 4) is 23.0 Å². The van der Waals surface area contributed by atoms with Crippen LogP contribution >= 0.6 is 0 Å². The average molecular weight is 417 g/mol. The number of para-hydroxylation sites is 1. The quantitative estimate of drug-likeness (QED) is 0.443. The van der Waals surface area contributed by atoms with Gasteiger partial charge < -0.3 is 0 Å². The second kappa shape index (κ2) is 8.14. The van der Waals surface area contributed by atoms with Crippen LogP contribution in [0.3, 0.4) is 0 Å². The van der Waals surface area contributed by atoms with E-state index < -0.39 is 0 Å². The maximum Gasteiger partial charge on any atom is 0.473 e. The molecule has 0 aliphatic rings. The van der Waals surface area contributed by atoms with Gasteiger partial charge in [-0.05, 0) is 22.6 Å². The first kappa shape index (κ1) is 21.0. The van der Waals surface area contributed by atoms with Crippen LogP contribution in [0.25, 0.3) is 23.0 Å². The van der Waals surface area contributed by atoms with Gasteiger partial charge in [0.25, 0.3) is 0 Å². The van der Waals surface area contributed by atoms with Gasteiger partial charge in [0.2, 0.25) is 6.20 Å². The van der Waals surface area contributed by atoms with Crippen LogP contribution in [0, 0.1) is 0 Å². The monoisotopic (exact) mass is 416 g/mol. The molecule has 160 valence electrons. The maximum atomic E-state index is 2.37. The van der Waals surface area contributed by atoms with Crippen molar-refractivity contribution in [1.82, 2.24) is 9.25 Å². The number of hydrogen-bond donors (Lipinski definition) is 0. The van der Waals surface area contributed by atoms with Crippen LogP contribution in [0.15, 0.2) is 67.3 Å². The van der Waals surface area contributed by atoms with Crippen LogP contribution in [0.5, 0.6) is 0 Å². The molecule has 0 aliphatic heterocycles. The maximum absolute atomic E-state index is 2.37. The molecular formula is C26H34N5+3. The Morgan fingerprint density at radius 3 is 2.00 bits per heavy atom. The third kappa shape index (κ3) is 3.58. The van der Waals surface area contributed by atoms with Gasteiger partial charge in [-0.1, -0.05) is 45.9 Å². The Balaban J connectivity index is 2.00. The van der Waals surface area contributed by atoms with Gasteiger partial charge in [-0.3, -0.25) is 0 Å². The molecule has 0 aliphatic carbocycles. The lowest BCUT2D eigenvalue weighted by molar-refractivity contribution is -0.811. The van der Waals surface area contributed by atoms with E-state index in [-0.39, 0.29) is 0 Å². The summed E-state index contributed by atoms with van der Waals surface area (Å²) in [6.07, 6.45) is 8.50. The lowest BCUT2D eigenvalue weighted by Gasteiger charge is -2.17. The normalized spacial score (nSPS) is 11.6. The number of imidazole rings is 1.